The molecule has 0 spiro atoms. The molecule has 1 aliphatic heterocycles. The number of aryl methyl sites for hydroxylation is 1. The first-order valence-corrected chi connectivity index (χ1v) is 8.37. The van der Waals surface area contributed by atoms with Crippen LogP contribution in [0.1, 0.15) is 44.4 Å². The minimum Gasteiger partial charge on any atom is -0.326 e. The van der Waals surface area contributed by atoms with Gasteiger partial charge in [-0.15, -0.1) is 0 Å². The highest BCUT2D eigenvalue weighted by molar-refractivity contribution is 5.30. The van der Waals surface area contributed by atoms with E-state index in [1.54, 1.807) is 0 Å². The van der Waals surface area contributed by atoms with Gasteiger partial charge >= 0.3 is 0 Å². The number of rotatable bonds is 6. The average Bonchev–Trinajstić information content (AvgIpc) is 2.92. The van der Waals surface area contributed by atoms with Gasteiger partial charge in [-0.05, 0) is 44.5 Å². The Bertz CT molecular complexity index is 440. The molecule has 1 aromatic carbocycles. The molecule has 0 bridgehead atoms. The first kappa shape index (κ1) is 16.5. The number of benzene rings is 1. The molecule has 3 unspecified atom stereocenters. The first-order chi connectivity index (χ1) is 10.1. The molecule has 1 saturated heterocycles. The van der Waals surface area contributed by atoms with Crippen LogP contribution in [0.25, 0.3) is 0 Å². The third-order valence-electron chi connectivity index (χ3n) is 4.92. The van der Waals surface area contributed by atoms with Gasteiger partial charge in [-0.1, -0.05) is 38.1 Å². The molecule has 1 aliphatic rings. The lowest BCUT2D eigenvalue weighted by molar-refractivity contribution is 0.176. The van der Waals surface area contributed by atoms with E-state index in [9.17, 15) is 0 Å². The summed E-state index contributed by atoms with van der Waals surface area (Å²) in [4.78, 5) is 5.17. The largest absolute Gasteiger partial charge is 0.326 e. The molecule has 0 aromatic heterocycles. The molecule has 0 aliphatic carbocycles. The zero-order chi connectivity index (χ0) is 15.4. The Morgan fingerprint density at radius 2 is 1.95 bits per heavy atom. The predicted octanol–water partition coefficient (Wildman–Crippen LogP) is 2.80. The number of hydrogen-bond donors (Lipinski definition) is 1. The Hall–Kier alpha value is -0.900. The van der Waals surface area contributed by atoms with Crippen LogP contribution in [-0.4, -0.2) is 48.1 Å². The van der Waals surface area contributed by atoms with Gasteiger partial charge < -0.3 is 5.73 Å². The molecule has 2 rings (SSSR count). The lowest BCUT2D eigenvalue weighted by atomic mass is 9.95. The van der Waals surface area contributed by atoms with Crippen molar-refractivity contribution in [2.75, 3.05) is 26.2 Å². The fourth-order valence-corrected chi connectivity index (χ4v) is 3.79. The van der Waals surface area contributed by atoms with Gasteiger partial charge in [-0.2, -0.15) is 0 Å². The second kappa shape index (κ2) is 7.39. The fourth-order valence-electron chi connectivity index (χ4n) is 3.79. The maximum absolute atomic E-state index is 6.35. The van der Waals surface area contributed by atoms with E-state index in [1.165, 1.54) is 17.5 Å². The minimum absolute atomic E-state index is 0.154. The van der Waals surface area contributed by atoms with Gasteiger partial charge in [0.1, 0.15) is 0 Å². The third-order valence-corrected chi connectivity index (χ3v) is 4.92. The minimum atomic E-state index is 0.154. The monoisotopic (exact) mass is 289 g/mol. The van der Waals surface area contributed by atoms with Gasteiger partial charge in [0.25, 0.3) is 0 Å². The van der Waals surface area contributed by atoms with Crippen LogP contribution < -0.4 is 5.73 Å². The molecular weight excluding hydrogens is 258 g/mol. The quantitative estimate of drug-likeness (QED) is 0.874. The van der Waals surface area contributed by atoms with Crippen LogP contribution in [0.15, 0.2) is 24.3 Å². The Balaban J connectivity index is 2.16. The van der Waals surface area contributed by atoms with Crippen LogP contribution in [0.5, 0.6) is 0 Å². The van der Waals surface area contributed by atoms with Gasteiger partial charge in [0.05, 0.1) is 0 Å². The summed E-state index contributed by atoms with van der Waals surface area (Å²) >= 11 is 0. The third kappa shape index (κ3) is 3.65. The number of hydrogen-bond acceptors (Lipinski definition) is 3. The number of nitrogens with zero attached hydrogens (tertiary/aromatic N) is 2. The standard InChI is InChI=1S/C18H31N3/c1-5-20(6-2)16-11-12-21(13-16)18(15(4)19)17-10-8-7-9-14(17)3/h7-10,15-16,18H,5-6,11-13,19H2,1-4H3. The zero-order valence-corrected chi connectivity index (χ0v) is 14.0. The van der Waals surface area contributed by atoms with Gasteiger partial charge in [-0.3, -0.25) is 9.80 Å². The molecule has 0 amide bonds. The van der Waals surface area contributed by atoms with Crippen molar-refractivity contribution in [1.29, 1.82) is 0 Å². The number of nitrogens with two attached hydrogens (primary N) is 1. The molecule has 1 aromatic rings. The highest BCUT2D eigenvalue weighted by Gasteiger charge is 2.33. The summed E-state index contributed by atoms with van der Waals surface area (Å²) < 4.78 is 0. The molecule has 0 saturated carbocycles. The molecule has 21 heavy (non-hydrogen) atoms. The first-order valence-electron chi connectivity index (χ1n) is 8.37. The van der Waals surface area contributed by atoms with Crippen LogP contribution >= 0.6 is 0 Å². The van der Waals surface area contributed by atoms with Gasteiger partial charge in [-0.25, -0.2) is 0 Å². The van der Waals surface area contributed by atoms with Crippen LogP contribution in [0, 0.1) is 6.92 Å². The molecule has 3 atom stereocenters. The van der Waals surface area contributed by atoms with E-state index < -0.39 is 0 Å². The predicted molar refractivity (Wildman–Crippen MR) is 90.5 cm³/mol. The summed E-state index contributed by atoms with van der Waals surface area (Å²) in [5, 5.41) is 0. The van der Waals surface area contributed by atoms with Crippen molar-refractivity contribution in [3.8, 4) is 0 Å². The van der Waals surface area contributed by atoms with Crippen molar-refractivity contribution >= 4 is 0 Å². The topological polar surface area (TPSA) is 32.5 Å². The molecule has 0 radical (unpaired) electrons. The highest BCUT2D eigenvalue weighted by Crippen LogP contribution is 2.30. The van der Waals surface area contributed by atoms with Gasteiger partial charge in [0, 0.05) is 31.2 Å². The number of likely N-dealkylation sites (N-methyl/N-ethyl adjacent to an activating group) is 1. The maximum atomic E-state index is 6.35. The molecule has 1 heterocycles. The second-order valence-electron chi connectivity index (χ2n) is 6.32. The van der Waals surface area contributed by atoms with Crippen molar-refractivity contribution in [2.45, 2.75) is 52.2 Å². The highest BCUT2D eigenvalue weighted by atomic mass is 15.3. The van der Waals surface area contributed by atoms with Crippen molar-refractivity contribution < 1.29 is 0 Å². The summed E-state index contributed by atoms with van der Waals surface area (Å²) in [5.74, 6) is 0. The maximum Gasteiger partial charge on any atom is 0.0499 e. The van der Waals surface area contributed by atoms with Crippen molar-refractivity contribution in [1.82, 2.24) is 9.80 Å². The molecule has 2 N–H and O–H groups in total. The molecule has 3 nitrogen and oxygen atoms in total. The Morgan fingerprint density at radius 1 is 1.29 bits per heavy atom. The Labute approximate surface area is 130 Å². The van der Waals surface area contributed by atoms with E-state index >= 15 is 0 Å². The molecular formula is C18H31N3. The van der Waals surface area contributed by atoms with Gasteiger partial charge in [0.15, 0.2) is 0 Å². The van der Waals surface area contributed by atoms with E-state index in [4.69, 9.17) is 5.73 Å². The van der Waals surface area contributed by atoms with Gasteiger partial charge in [0.2, 0.25) is 0 Å². The Kier molecular flexibility index (Phi) is 5.80. The van der Waals surface area contributed by atoms with Crippen molar-refractivity contribution in [3.63, 3.8) is 0 Å². The van der Waals surface area contributed by atoms with Crippen molar-refractivity contribution in [3.05, 3.63) is 35.4 Å². The summed E-state index contributed by atoms with van der Waals surface area (Å²) in [7, 11) is 0. The molecule has 118 valence electrons. The van der Waals surface area contributed by atoms with E-state index in [0.717, 1.165) is 26.2 Å². The zero-order valence-electron chi connectivity index (χ0n) is 14.0. The van der Waals surface area contributed by atoms with Crippen LogP contribution in [0.4, 0.5) is 0 Å². The van der Waals surface area contributed by atoms with Crippen LogP contribution in [0.3, 0.4) is 0 Å². The summed E-state index contributed by atoms with van der Waals surface area (Å²) in [6.45, 7) is 13.4. The second-order valence-corrected chi connectivity index (χ2v) is 6.32. The van der Waals surface area contributed by atoms with E-state index in [2.05, 4.69) is 61.8 Å². The fraction of sp³-hybridized carbons (Fsp3) is 0.667. The average molecular weight is 289 g/mol. The SMILES string of the molecule is CCN(CC)C1CCN(C(c2ccccc2C)C(C)N)C1. The van der Waals surface area contributed by atoms with Crippen molar-refractivity contribution in [2.24, 2.45) is 5.73 Å². The molecule has 1 fully saturated rings. The van der Waals surface area contributed by atoms with Crippen LogP contribution in [-0.2, 0) is 0 Å². The van der Waals surface area contributed by atoms with E-state index in [0.29, 0.717) is 12.1 Å². The van der Waals surface area contributed by atoms with E-state index in [-0.39, 0.29) is 6.04 Å². The summed E-state index contributed by atoms with van der Waals surface area (Å²) in [6.07, 6.45) is 1.26. The lowest BCUT2D eigenvalue weighted by Crippen LogP contribution is -2.42. The Morgan fingerprint density at radius 3 is 2.52 bits per heavy atom. The number of likely N-dealkylation sites (tertiary alicyclic amines) is 1. The normalized spacial score (nSPS) is 22.7. The van der Waals surface area contributed by atoms with Crippen LogP contribution in [0.2, 0.25) is 0 Å². The summed E-state index contributed by atoms with van der Waals surface area (Å²) in [5.41, 5.74) is 9.10. The molecule has 3 heteroatoms. The smallest absolute Gasteiger partial charge is 0.0499 e. The lowest BCUT2D eigenvalue weighted by Gasteiger charge is -2.33. The van der Waals surface area contributed by atoms with E-state index in [1.807, 2.05) is 0 Å². The summed E-state index contributed by atoms with van der Waals surface area (Å²) in [6, 6.07) is 9.87.